The number of hydrogen-bond acceptors (Lipinski definition) is 5. The molecule has 6 nitrogen and oxygen atoms in total. The average molecular weight is 396 g/mol. The van der Waals surface area contributed by atoms with Crippen LogP contribution in [0.3, 0.4) is 0 Å². The first kappa shape index (κ1) is 19.7. The van der Waals surface area contributed by atoms with Gasteiger partial charge < -0.3 is 19.9 Å². The molecule has 3 atom stereocenters. The van der Waals surface area contributed by atoms with Crippen molar-refractivity contribution in [3.63, 3.8) is 0 Å². The van der Waals surface area contributed by atoms with Gasteiger partial charge in [0.05, 0.1) is 20.1 Å². The van der Waals surface area contributed by atoms with Gasteiger partial charge in [0.2, 0.25) is 0 Å². The van der Waals surface area contributed by atoms with Gasteiger partial charge in [0.15, 0.2) is 11.5 Å². The van der Waals surface area contributed by atoms with E-state index in [-0.39, 0.29) is 12.1 Å². The summed E-state index contributed by atoms with van der Waals surface area (Å²) in [5.41, 5.74) is 3.65. The summed E-state index contributed by atoms with van der Waals surface area (Å²) >= 11 is 0. The number of fused-ring (bicyclic) bond motifs is 3. The Bertz CT molecular complexity index is 871. The first-order chi connectivity index (χ1) is 14.1. The van der Waals surface area contributed by atoms with Gasteiger partial charge >= 0.3 is 5.97 Å². The lowest BCUT2D eigenvalue weighted by molar-refractivity contribution is -0.145. The van der Waals surface area contributed by atoms with Crippen LogP contribution in [0.15, 0.2) is 42.5 Å². The molecule has 0 amide bonds. The van der Waals surface area contributed by atoms with Crippen molar-refractivity contribution in [1.29, 1.82) is 0 Å². The van der Waals surface area contributed by atoms with Crippen LogP contribution < -0.4 is 14.8 Å². The average Bonchev–Trinajstić information content (AvgIpc) is 2.76. The Morgan fingerprint density at radius 1 is 1.17 bits per heavy atom. The Morgan fingerprint density at radius 2 is 1.90 bits per heavy atom. The van der Waals surface area contributed by atoms with Crippen LogP contribution in [-0.4, -0.2) is 49.3 Å². The van der Waals surface area contributed by atoms with Gasteiger partial charge in [0, 0.05) is 31.7 Å². The smallest absolute Gasteiger partial charge is 0.309 e. The molecule has 29 heavy (non-hydrogen) atoms. The minimum atomic E-state index is -0.730. The lowest BCUT2D eigenvalue weighted by Gasteiger charge is -2.46. The quantitative estimate of drug-likeness (QED) is 0.782. The molecule has 0 saturated carbocycles. The molecule has 0 bridgehead atoms. The van der Waals surface area contributed by atoms with Gasteiger partial charge in [0.1, 0.15) is 0 Å². The molecule has 1 fully saturated rings. The predicted molar refractivity (Wildman–Crippen MR) is 110 cm³/mol. The summed E-state index contributed by atoms with van der Waals surface area (Å²) < 4.78 is 11.0. The number of hydrogen-bond donors (Lipinski definition) is 2. The van der Waals surface area contributed by atoms with Crippen LogP contribution in [0.5, 0.6) is 11.5 Å². The van der Waals surface area contributed by atoms with E-state index in [1.807, 2.05) is 18.2 Å². The molecule has 0 spiro atoms. The van der Waals surface area contributed by atoms with Crippen LogP contribution in [-0.2, 0) is 17.8 Å². The molecule has 154 valence electrons. The molecule has 2 aliphatic rings. The van der Waals surface area contributed by atoms with E-state index >= 15 is 0 Å². The molecule has 2 heterocycles. The lowest BCUT2D eigenvalue weighted by atomic mass is 9.80. The Kier molecular flexibility index (Phi) is 5.74. The molecule has 0 aliphatic carbocycles. The highest BCUT2D eigenvalue weighted by Crippen LogP contribution is 2.42. The lowest BCUT2D eigenvalue weighted by Crippen LogP contribution is -2.54. The molecule has 0 aromatic heterocycles. The Hall–Kier alpha value is -2.57. The number of benzene rings is 2. The molecule has 1 saturated heterocycles. The van der Waals surface area contributed by atoms with Crippen LogP contribution in [0.2, 0.25) is 0 Å². The highest BCUT2D eigenvalue weighted by Gasteiger charge is 2.42. The van der Waals surface area contributed by atoms with Crippen LogP contribution in [0, 0.1) is 5.92 Å². The molecular formula is C23H28N2O4. The van der Waals surface area contributed by atoms with Gasteiger partial charge in [-0.15, -0.1) is 0 Å². The van der Waals surface area contributed by atoms with Crippen molar-refractivity contribution in [3.05, 3.63) is 59.2 Å². The van der Waals surface area contributed by atoms with Crippen LogP contribution in [0.25, 0.3) is 0 Å². The highest BCUT2D eigenvalue weighted by atomic mass is 16.5. The summed E-state index contributed by atoms with van der Waals surface area (Å²) in [6, 6.07) is 14.4. The topological polar surface area (TPSA) is 71.0 Å². The monoisotopic (exact) mass is 396 g/mol. The maximum Gasteiger partial charge on any atom is 0.309 e. The van der Waals surface area contributed by atoms with Crippen molar-refractivity contribution in [3.8, 4) is 11.5 Å². The van der Waals surface area contributed by atoms with Crippen molar-refractivity contribution in [1.82, 2.24) is 10.2 Å². The number of piperidine rings is 1. The largest absolute Gasteiger partial charge is 0.493 e. The number of carboxylic acid groups (broad SMARTS) is 1. The Morgan fingerprint density at radius 3 is 2.59 bits per heavy atom. The molecule has 3 unspecified atom stereocenters. The number of aliphatic carboxylic acids is 1. The summed E-state index contributed by atoms with van der Waals surface area (Å²) in [5.74, 6) is 0.323. The minimum absolute atomic E-state index is 0.0898. The van der Waals surface area contributed by atoms with Gasteiger partial charge in [-0.3, -0.25) is 9.69 Å². The van der Waals surface area contributed by atoms with Crippen molar-refractivity contribution in [2.45, 2.75) is 31.5 Å². The molecule has 6 heteroatoms. The van der Waals surface area contributed by atoms with Gasteiger partial charge in [-0.25, -0.2) is 0 Å². The van der Waals surface area contributed by atoms with E-state index in [9.17, 15) is 9.90 Å². The van der Waals surface area contributed by atoms with Gasteiger partial charge in [-0.05, 0) is 41.7 Å². The molecule has 2 aromatic rings. The maximum absolute atomic E-state index is 12.0. The van der Waals surface area contributed by atoms with Crippen molar-refractivity contribution >= 4 is 5.97 Å². The van der Waals surface area contributed by atoms with E-state index in [1.54, 1.807) is 14.2 Å². The fourth-order valence-electron chi connectivity index (χ4n) is 4.68. The second-order valence-corrected chi connectivity index (χ2v) is 7.82. The zero-order valence-electron chi connectivity index (χ0n) is 16.9. The molecular weight excluding hydrogens is 368 g/mol. The summed E-state index contributed by atoms with van der Waals surface area (Å²) in [6.07, 6.45) is 1.65. The van der Waals surface area contributed by atoms with E-state index in [2.05, 4.69) is 34.5 Å². The standard InChI is InChI=1S/C23H28N2O4/c1-28-21-10-16-8-9-25-14-18(23(26)27)19(24-13-15-6-4-3-5-7-15)12-20(25)17(16)11-22(21)29-2/h3-7,10-11,18-20,24H,8-9,12-14H2,1-2H3,(H,26,27). The third kappa shape index (κ3) is 3.95. The van der Waals surface area contributed by atoms with Crippen LogP contribution in [0.4, 0.5) is 0 Å². The summed E-state index contributed by atoms with van der Waals surface area (Å²) in [7, 11) is 3.30. The third-order valence-corrected chi connectivity index (χ3v) is 6.24. The Labute approximate surface area is 171 Å². The number of nitrogens with one attached hydrogen (secondary N) is 1. The van der Waals surface area contributed by atoms with Gasteiger partial charge in [-0.1, -0.05) is 30.3 Å². The van der Waals surface area contributed by atoms with E-state index in [0.29, 0.717) is 13.1 Å². The van der Waals surface area contributed by atoms with Crippen LogP contribution >= 0.6 is 0 Å². The first-order valence-electron chi connectivity index (χ1n) is 10.1. The maximum atomic E-state index is 12.0. The van der Waals surface area contributed by atoms with Crippen molar-refractivity contribution < 1.29 is 19.4 Å². The zero-order valence-corrected chi connectivity index (χ0v) is 16.9. The van der Waals surface area contributed by atoms with E-state index in [0.717, 1.165) is 36.4 Å². The number of carboxylic acids is 1. The van der Waals surface area contributed by atoms with Crippen molar-refractivity contribution in [2.75, 3.05) is 27.3 Å². The number of rotatable bonds is 6. The molecule has 2 N–H and O–H groups in total. The Balaban J connectivity index is 1.59. The SMILES string of the molecule is COc1cc2c(cc1OC)C1CC(NCc3ccccc3)C(C(=O)O)CN1CC2. The zero-order chi connectivity index (χ0) is 20.4. The summed E-state index contributed by atoms with van der Waals surface area (Å²) in [4.78, 5) is 14.3. The van der Waals surface area contributed by atoms with E-state index < -0.39 is 11.9 Å². The number of ether oxygens (including phenoxy) is 2. The number of methoxy groups -OCH3 is 2. The van der Waals surface area contributed by atoms with E-state index in [1.165, 1.54) is 11.1 Å². The first-order valence-corrected chi connectivity index (χ1v) is 10.1. The highest BCUT2D eigenvalue weighted by molar-refractivity contribution is 5.71. The fraction of sp³-hybridized carbons (Fsp3) is 0.435. The summed E-state index contributed by atoms with van der Waals surface area (Å²) in [5, 5.41) is 13.4. The predicted octanol–water partition coefficient (Wildman–Crippen LogP) is 2.87. The van der Waals surface area contributed by atoms with E-state index in [4.69, 9.17) is 9.47 Å². The summed E-state index contributed by atoms with van der Waals surface area (Å²) in [6.45, 7) is 2.09. The molecule has 0 radical (unpaired) electrons. The number of nitrogens with zero attached hydrogens (tertiary/aromatic N) is 1. The van der Waals surface area contributed by atoms with Crippen molar-refractivity contribution in [2.24, 2.45) is 5.92 Å². The second kappa shape index (κ2) is 8.43. The second-order valence-electron chi connectivity index (χ2n) is 7.82. The van der Waals surface area contributed by atoms with Gasteiger partial charge in [0.25, 0.3) is 0 Å². The third-order valence-electron chi connectivity index (χ3n) is 6.24. The minimum Gasteiger partial charge on any atom is -0.493 e. The van der Waals surface area contributed by atoms with Crippen LogP contribution in [0.1, 0.15) is 29.2 Å². The molecule has 2 aliphatic heterocycles. The molecule has 4 rings (SSSR count). The fourth-order valence-corrected chi connectivity index (χ4v) is 4.68. The van der Waals surface area contributed by atoms with Gasteiger partial charge in [-0.2, -0.15) is 0 Å². The number of carbonyl (C=O) groups is 1. The normalized spacial score (nSPS) is 23.7. The molecule has 2 aromatic carbocycles.